The molecule has 8 heteroatoms. The van der Waals surface area contributed by atoms with Gasteiger partial charge in [0.05, 0.1) is 5.52 Å². The Bertz CT molecular complexity index is 970. The molecule has 34 heavy (non-hydrogen) atoms. The van der Waals surface area contributed by atoms with E-state index in [9.17, 15) is 4.39 Å². The average molecular weight is 532 g/mol. The Morgan fingerprint density at radius 3 is 1.79 bits per heavy atom. The van der Waals surface area contributed by atoms with Gasteiger partial charge in [-0.25, -0.2) is 4.39 Å². The first-order chi connectivity index (χ1) is 15.5. The zero-order valence-electron chi connectivity index (χ0n) is 20.6. The minimum absolute atomic E-state index is 0. The molecule has 3 aromatic rings. The monoisotopic (exact) mass is 530 g/mol. The fourth-order valence-corrected chi connectivity index (χ4v) is 4.33. The summed E-state index contributed by atoms with van der Waals surface area (Å²) in [4.78, 5) is 4.88. The van der Waals surface area contributed by atoms with Crippen LogP contribution in [-0.2, 0) is 0 Å². The van der Waals surface area contributed by atoms with Gasteiger partial charge in [0.1, 0.15) is 5.82 Å². The summed E-state index contributed by atoms with van der Waals surface area (Å²) >= 11 is 6.11. The predicted molar refractivity (Wildman–Crippen MR) is 150 cm³/mol. The van der Waals surface area contributed by atoms with Gasteiger partial charge in [0.15, 0.2) is 0 Å². The molecular weight excluding hydrogens is 494 g/mol. The Hall–Kier alpha value is -1.50. The van der Waals surface area contributed by atoms with Crippen molar-refractivity contribution >= 4 is 47.3 Å². The van der Waals surface area contributed by atoms with Crippen LogP contribution < -0.4 is 5.01 Å². The van der Waals surface area contributed by atoms with E-state index in [0.29, 0.717) is 5.02 Å². The van der Waals surface area contributed by atoms with E-state index in [-0.39, 0.29) is 30.6 Å². The van der Waals surface area contributed by atoms with Crippen molar-refractivity contribution in [2.75, 3.05) is 57.4 Å². The van der Waals surface area contributed by atoms with Crippen LogP contribution in [0.2, 0.25) is 5.02 Å². The van der Waals surface area contributed by atoms with Gasteiger partial charge in [0.2, 0.25) is 0 Å². The van der Waals surface area contributed by atoms with Gasteiger partial charge in [0, 0.05) is 48.3 Å². The standard InChI is InChI=1S/C26H36ClFN4.2ClH/c1-5-29(6-2)15-17-31(18-16-30(7-3)8-4)32-20-25(21-9-11-22(27)12-10-21)24-19-23(28)13-14-26(24)32;;/h9-14,19-20H,5-8,15-18H2,1-4H3;2*1H. The third-order valence-corrected chi connectivity index (χ3v) is 6.60. The van der Waals surface area contributed by atoms with E-state index in [1.54, 1.807) is 12.1 Å². The van der Waals surface area contributed by atoms with E-state index in [1.807, 2.05) is 30.3 Å². The van der Waals surface area contributed by atoms with Crippen LogP contribution in [0.25, 0.3) is 22.0 Å². The summed E-state index contributed by atoms with van der Waals surface area (Å²) in [6.45, 7) is 16.8. The van der Waals surface area contributed by atoms with Gasteiger partial charge in [-0.15, -0.1) is 24.8 Å². The van der Waals surface area contributed by atoms with Crippen molar-refractivity contribution in [2.24, 2.45) is 0 Å². The SMILES string of the molecule is CCN(CC)CCN(CCN(CC)CC)n1cc(-c2ccc(Cl)cc2)c2cc(F)ccc21.Cl.Cl. The lowest BCUT2D eigenvalue weighted by atomic mass is 10.1. The van der Waals surface area contributed by atoms with Crippen molar-refractivity contribution in [2.45, 2.75) is 27.7 Å². The Morgan fingerprint density at radius 1 is 0.765 bits per heavy atom. The fourth-order valence-electron chi connectivity index (χ4n) is 4.20. The summed E-state index contributed by atoms with van der Waals surface area (Å²) in [6, 6.07) is 12.9. The number of rotatable bonds is 12. The maximum absolute atomic E-state index is 14.2. The third-order valence-electron chi connectivity index (χ3n) is 6.34. The number of likely N-dealkylation sites (N-methyl/N-ethyl adjacent to an activating group) is 2. The van der Waals surface area contributed by atoms with Crippen LogP contribution in [0, 0.1) is 5.82 Å². The van der Waals surface area contributed by atoms with E-state index >= 15 is 0 Å². The summed E-state index contributed by atoms with van der Waals surface area (Å²) in [7, 11) is 0. The third kappa shape index (κ3) is 7.50. The molecular formula is C26H38Cl3FN4. The first-order valence-corrected chi connectivity index (χ1v) is 12.1. The van der Waals surface area contributed by atoms with Gasteiger partial charge in [-0.05, 0) is 62.1 Å². The molecule has 0 fully saturated rings. The van der Waals surface area contributed by atoms with Gasteiger partial charge in [-0.2, -0.15) is 0 Å². The average Bonchev–Trinajstić information content (AvgIpc) is 3.17. The highest BCUT2D eigenvalue weighted by Crippen LogP contribution is 2.32. The van der Waals surface area contributed by atoms with Crippen molar-refractivity contribution < 1.29 is 4.39 Å². The Balaban J connectivity index is 0.00000289. The van der Waals surface area contributed by atoms with Crippen molar-refractivity contribution in [3.05, 3.63) is 59.5 Å². The van der Waals surface area contributed by atoms with Crippen LogP contribution in [0.4, 0.5) is 4.39 Å². The maximum Gasteiger partial charge on any atom is 0.123 e. The molecule has 0 atom stereocenters. The number of fused-ring (bicyclic) bond motifs is 1. The van der Waals surface area contributed by atoms with E-state index in [4.69, 9.17) is 11.6 Å². The molecule has 0 radical (unpaired) electrons. The molecule has 190 valence electrons. The molecule has 0 aliphatic heterocycles. The van der Waals surface area contributed by atoms with Gasteiger partial charge in [-0.1, -0.05) is 51.4 Å². The van der Waals surface area contributed by atoms with E-state index < -0.39 is 0 Å². The molecule has 1 heterocycles. The number of aromatic nitrogens is 1. The molecule has 0 saturated heterocycles. The zero-order valence-corrected chi connectivity index (χ0v) is 23.0. The second kappa shape index (κ2) is 14.8. The summed E-state index contributed by atoms with van der Waals surface area (Å²) < 4.78 is 16.5. The first kappa shape index (κ1) is 30.5. The second-order valence-electron chi connectivity index (χ2n) is 8.06. The Labute approximate surface area is 221 Å². The van der Waals surface area contributed by atoms with Crippen molar-refractivity contribution in [1.82, 2.24) is 14.5 Å². The number of halogens is 4. The molecule has 3 rings (SSSR count). The minimum Gasteiger partial charge on any atom is -0.310 e. The molecule has 0 bridgehead atoms. The van der Waals surface area contributed by atoms with Crippen LogP contribution in [-0.4, -0.2) is 66.8 Å². The lowest BCUT2D eigenvalue weighted by molar-refractivity contribution is 0.282. The van der Waals surface area contributed by atoms with E-state index in [2.05, 4.69) is 53.4 Å². The maximum atomic E-state index is 14.2. The Morgan fingerprint density at radius 2 is 1.29 bits per heavy atom. The normalized spacial score (nSPS) is 11.1. The first-order valence-electron chi connectivity index (χ1n) is 11.8. The van der Waals surface area contributed by atoms with Crippen molar-refractivity contribution in [1.29, 1.82) is 0 Å². The summed E-state index contributed by atoms with van der Waals surface area (Å²) in [5.41, 5.74) is 3.08. The molecule has 2 aromatic carbocycles. The van der Waals surface area contributed by atoms with Gasteiger partial charge >= 0.3 is 0 Å². The number of benzene rings is 2. The molecule has 0 aliphatic rings. The van der Waals surface area contributed by atoms with E-state index in [0.717, 1.165) is 74.4 Å². The fraction of sp³-hybridized carbons (Fsp3) is 0.462. The van der Waals surface area contributed by atoms with Crippen LogP contribution in [0.5, 0.6) is 0 Å². The van der Waals surface area contributed by atoms with Crippen LogP contribution in [0.1, 0.15) is 27.7 Å². The zero-order chi connectivity index (χ0) is 23.1. The van der Waals surface area contributed by atoms with Crippen LogP contribution in [0.3, 0.4) is 0 Å². The molecule has 0 spiro atoms. The number of hydrogen-bond acceptors (Lipinski definition) is 3. The number of nitrogens with zero attached hydrogens (tertiary/aromatic N) is 4. The van der Waals surface area contributed by atoms with Gasteiger partial charge in [0.25, 0.3) is 0 Å². The van der Waals surface area contributed by atoms with Crippen LogP contribution >= 0.6 is 36.4 Å². The molecule has 0 amide bonds. The second-order valence-corrected chi connectivity index (χ2v) is 8.50. The minimum atomic E-state index is -0.219. The summed E-state index contributed by atoms with van der Waals surface area (Å²) in [5.74, 6) is -0.219. The van der Waals surface area contributed by atoms with Crippen molar-refractivity contribution in [3.63, 3.8) is 0 Å². The van der Waals surface area contributed by atoms with Crippen molar-refractivity contribution in [3.8, 4) is 11.1 Å². The lowest BCUT2D eigenvalue weighted by Crippen LogP contribution is -2.45. The molecule has 0 aliphatic carbocycles. The highest BCUT2D eigenvalue weighted by molar-refractivity contribution is 6.30. The summed E-state index contributed by atoms with van der Waals surface area (Å²) in [6.07, 6.45) is 2.15. The highest BCUT2D eigenvalue weighted by Gasteiger charge is 2.17. The summed E-state index contributed by atoms with van der Waals surface area (Å²) in [5, 5.41) is 4.02. The molecule has 0 saturated carbocycles. The molecule has 1 aromatic heterocycles. The largest absolute Gasteiger partial charge is 0.310 e. The topological polar surface area (TPSA) is 14.7 Å². The quantitative estimate of drug-likeness (QED) is 0.263. The van der Waals surface area contributed by atoms with Gasteiger partial charge < -0.3 is 14.8 Å². The Kier molecular flexibility index (Phi) is 13.3. The molecule has 0 N–H and O–H groups in total. The smallest absolute Gasteiger partial charge is 0.123 e. The predicted octanol–water partition coefficient (Wildman–Crippen LogP) is 6.57. The number of hydrogen-bond donors (Lipinski definition) is 0. The molecule has 4 nitrogen and oxygen atoms in total. The van der Waals surface area contributed by atoms with E-state index in [1.165, 1.54) is 0 Å². The molecule has 0 unspecified atom stereocenters. The van der Waals surface area contributed by atoms with Crippen LogP contribution in [0.15, 0.2) is 48.7 Å². The highest BCUT2D eigenvalue weighted by atomic mass is 35.5. The lowest BCUT2D eigenvalue weighted by Gasteiger charge is -2.31. The van der Waals surface area contributed by atoms with Gasteiger partial charge in [-0.3, -0.25) is 4.68 Å².